The number of carbonyl (C=O) groups is 1. The number of thioether (sulfide) groups is 1. The number of amides is 1. The van der Waals surface area contributed by atoms with Crippen LogP contribution in [0.4, 0.5) is 15.8 Å². The number of nitrogen functional groups attached to an aromatic ring is 1. The van der Waals surface area contributed by atoms with E-state index in [1.54, 1.807) is 0 Å². The monoisotopic (exact) mass is 311 g/mol. The number of hydrogen-bond donors (Lipinski definition) is 2. The number of nitrogens with two attached hydrogens (primary N) is 1. The average molecular weight is 311 g/mol. The molecule has 0 aliphatic carbocycles. The first-order valence-corrected chi connectivity index (χ1v) is 8.05. The lowest BCUT2D eigenvalue weighted by molar-refractivity contribution is -0.117. The number of nitrogens with zero attached hydrogens (tertiary/aromatic N) is 1. The first-order valence-electron chi connectivity index (χ1n) is 7.07. The van der Waals surface area contributed by atoms with E-state index in [0.717, 1.165) is 25.3 Å². The Morgan fingerprint density at radius 1 is 1.48 bits per heavy atom. The van der Waals surface area contributed by atoms with Crippen molar-refractivity contribution in [2.75, 3.05) is 36.4 Å². The maximum atomic E-state index is 13.2. The van der Waals surface area contributed by atoms with Gasteiger partial charge in [0.1, 0.15) is 5.82 Å². The highest BCUT2D eigenvalue weighted by Gasteiger charge is 2.24. The van der Waals surface area contributed by atoms with E-state index < -0.39 is 5.82 Å². The minimum Gasteiger partial charge on any atom is -0.397 e. The molecule has 0 saturated carbocycles. The molecule has 0 spiro atoms. The smallest absolute Gasteiger partial charge is 0.238 e. The third kappa shape index (κ3) is 4.89. The summed E-state index contributed by atoms with van der Waals surface area (Å²) < 4.78 is 13.4. The van der Waals surface area contributed by atoms with Crippen molar-refractivity contribution in [2.24, 2.45) is 0 Å². The fourth-order valence-corrected chi connectivity index (χ4v) is 3.39. The lowest BCUT2D eigenvalue weighted by Gasteiger charge is -2.22. The van der Waals surface area contributed by atoms with Crippen LogP contribution in [0, 0.1) is 5.82 Å². The maximum absolute atomic E-state index is 13.2. The molecule has 1 fully saturated rings. The summed E-state index contributed by atoms with van der Waals surface area (Å²) in [6.07, 6.45) is 1.05. The van der Waals surface area contributed by atoms with Crippen LogP contribution in [0.15, 0.2) is 18.2 Å². The number of carbonyl (C=O) groups excluding carboxylic acids is 1. The molecule has 4 nitrogen and oxygen atoms in total. The molecule has 1 aliphatic heterocycles. The molecule has 1 aliphatic rings. The number of benzene rings is 1. The molecule has 0 radical (unpaired) electrons. The van der Waals surface area contributed by atoms with Crippen LogP contribution in [0.2, 0.25) is 0 Å². The van der Waals surface area contributed by atoms with Crippen molar-refractivity contribution in [3.05, 3.63) is 24.0 Å². The Hall–Kier alpha value is -1.27. The molecule has 116 valence electrons. The number of nitrogens with one attached hydrogen (secondary N) is 1. The van der Waals surface area contributed by atoms with Gasteiger partial charge in [0.25, 0.3) is 0 Å². The topological polar surface area (TPSA) is 58.4 Å². The second kappa shape index (κ2) is 6.66. The van der Waals surface area contributed by atoms with Gasteiger partial charge >= 0.3 is 0 Å². The summed E-state index contributed by atoms with van der Waals surface area (Å²) in [5, 5.41) is 2.69. The largest absolute Gasteiger partial charge is 0.397 e. The third-order valence-corrected chi connectivity index (χ3v) is 4.96. The molecule has 0 aromatic heterocycles. The second-order valence-electron chi connectivity index (χ2n) is 5.91. The van der Waals surface area contributed by atoms with Gasteiger partial charge in [0.05, 0.1) is 17.9 Å². The van der Waals surface area contributed by atoms with E-state index in [1.165, 1.54) is 18.2 Å². The van der Waals surface area contributed by atoms with Crippen molar-refractivity contribution in [3.8, 4) is 0 Å². The van der Waals surface area contributed by atoms with Crippen LogP contribution in [-0.4, -0.2) is 40.9 Å². The van der Waals surface area contributed by atoms with Gasteiger partial charge in [-0.2, -0.15) is 11.8 Å². The molecule has 0 bridgehead atoms. The van der Waals surface area contributed by atoms with E-state index in [0.29, 0.717) is 17.9 Å². The van der Waals surface area contributed by atoms with Crippen LogP contribution in [-0.2, 0) is 4.79 Å². The SMILES string of the molecule is CC1(C)CCN(CC(=O)Nc2cc(F)ccc2N)CCS1. The predicted molar refractivity (Wildman–Crippen MR) is 87.0 cm³/mol. The molecule has 0 atom stereocenters. The third-order valence-electron chi connectivity index (χ3n) is 3.59. The van der Waals surface area contributed by atoms with Crippen molar-refractivity contribution in [3.63, 3.8) is 0 Å². The van der Waals surface area contributed by atoms with Crippen molar-refractivity contribution < 1.29 is 9.18 Å². The second-order valence-corrected chi connectivity index (χ2v) is 7.72. The van der Waals surface area contributed by atoms with Gasteiger partial charge in [0.15, 0.2) is 0 Å². The van der Waals surface area contributed by atoms with E-state index >= 15 is 0 Å². The van der Waals surface area contributed by atoms with Gasteiger partial charge in [-0.3, -0.25) is 9.69 Å². The van der Waals surface area contributed by atoms with Gasteiger partial charge in [0, 0.05) is 23.6 Å². The van der Waals surface area contributed by atoms with Crippen LogP contribution in [0.1, 0.15) is 20.3 Å². The Kier molecular flexibility index (Phi) is 5.11. The summed E-state index contributed by atoms with van der Waals surface area (Å²) in [7, 11) is 0. The Bertz CT molecular complexity index is 522. The molecule has 1 heterocycles. The van der Waals surface area contributed by atoms with Crippen LogP contribution in [0.5, 0.6) is 0 Å². The molecule has 1 aromatic rings. The molecule has 6 heteroatoms. The van der Waals surface area contributed by atoms with Crippen LogP contribution >= 0.6 is 11.8 Å². The van der Waals surface area contributed by atoms with Gasteiger partial charge in [-0.15, -0.1) is 0 Å². The Balaban J connectivity index is 1.91. The molecule has 0 unspecified atom stereocenters. The van der Waals surface area contributed by atoms with Crippen molar-refractivity contribution in [1.29, 1.82) is 0 Å². The molecule has 2 rings (SSSR count). The quantitative estimate of drug-likeness (QED) is 0.842. The minimum atomic E-state index is -0.410. The summed E-state index contributed by atoms with van der Waals surface area (Å²) in [6, 6.07) is 3.98. The van der Waals surface area contributed by atoms with Crippen molar-refractivity contribution >= 4 is 29.0 Å². The van der Waals surface area contributed by atoms with Crippen LogP contribution in [0.25, 0.3) is 0 Å². The summed E-state index contributed by atoms with van der Waals surface area (Å²) in [5.41, 5.74) is 6.44. The first-order chi connectivity index (χ1) is 9.85. The Morgan fingerprint density at radius 2 is 2.24 bits per heavy atom. The van der Waals surface area contributed by atoms with Crippen LogP contribution < -0.4 is 11.1 Å². The van der Waals surface area contributed by atoms with Gasteiger partial charge in [-0.25, -0.2) is 4.39 Å². The first kappa shape index (κ1) is 16.1. The Morgan fingerprint density at radius 3 is 3.00 bits per heavy atom. The average Bonchev–Trinajstić information content (AvgIpc) is 2.55. The van der Waals surface area contributed by atoms with Gasteiger partial charge < -0.3 is 11.1 Å². The predicted octanol–water partition coefficient (Wildman–Crippen LogP) is 2.56. The zero-order valence-corrected chi connectivity index (χ0v) is 13.3. The van der Waals surface area contributed by atoms with Gasteiger partial charge in [0.2, 0.25) is 5.91 Å². The maximum Gasteiger partial charge on any atom is 0.238 e. The van der Waals surface area contributed by atoms with Crippen LogP contribution in [0.3, 0.4) is 0 Å². The Labute approximate surface area is 129 Å². The van der Waals surface area contributed by atoms with Crippen molar-refractivity contribution in [2.45, 2.75) is 25.0 Å². The number of anilines is 2. The summed E-state index contributed by atoms with van der Waals surface area (Å²) in [4.78, 5) is 14.2. The van der Waals surface area contributed by atoms with Gasteiger partial charge in [-0.1, -0.05) is 13.8 Å². The van der Waals surface area contributed by atoms with E-state index in [2.05, 4.69) is 24.1 Å². The minimum absolute atomic E-state index is 0.156. The molecule has 1 amide bonds. The fraction of sp³-hybridized carbons (Fsp3) is 0.533. The zero-order chi connectivity index (χ0) is 15.5. The van der Waals surface area contributed by atoms with E-state index in [4.69, 9.17) is 5.73 Å². The van der Waals surface area contributed by atoms with E-state index in [-0.39, 0.29) is 10.7 Å². The molecule has 3 N–H and O–H groups in total. The summed E-state index contributed by atoms with van der Waals surface area (Å²) in [5.74, 6) is 0.451. The molecule has 21 heavy (non-hydrogen) atoms. The lowest BCUT2D eigenvalue weighted by atomic mass is 10.1. The highest BCUT2D eigenvalue weighted by Crippen LogP contribution is 2.30. The summed E-state index contributed by atoms with van der Waals surface area (Å²) >= 11 is 1.94. The summed E-state index contributed by atoms with van der Waals surface area (Å²) in [6.45, 7) is 6.56. The fourth-order valence-electron chi connectivity index (χ4n) is 2.25. The molecular weight excluding hydrogens is 289 g/mol. The normalized spacial score (nSPS) is 19.0. The van der Waals surface area contributed by atoms with E-state index in [1.807, 2.05) is 11.8 Å². The number of hydrogen-bond acceptors (Lipinski definition) is 4. The lowest BCUT2D eigenvalue weighted by Crippen LogP contribution is -2.35. The molecular formula is C15H22FN3OS. The zero-order valence-electron chi connectivity index (χ0n) is 12.5. The highest BCUT2D eigenvalue weighted by atomic mass is 32.2. The van der Waals surface area contributed by atoms with E-state index in [9.17, 15) is 9.18 Å². The number of halogens is 1. The van der Waals surface area contributed by atoms with Crippen molar-refractivity contribution in [1.82, 2.24) is 4.90 Å². The molecule has 1 saturated heterocycles. The highest BCUT2D eigenvalue weighted by molar-refractivity contribution is 8.00. The number of rotatable bonds is 3. The molecule has 1 aromatic carbocycles. The van der Waals surface area contributed by atoms with Gasteiger partial charge in [-0.05, 0) is 24.6 Å². The standard InChI is InChI=1S/C15H22FN3OS/c1-15(2)5-6-19(7-8-21-15)10-14(20)18-13-9-11(16)3-4-12(13)17/h3-4,9H,5-8,10,17H2,1-2H3,(H,18,20).